The first kappa shape index (κ1) is 15.8. The van der Waals surface area contributed by atoms with Gasteiger partial charge in [-0.2, -0.15) is 5.10 Å². The fourth-order valence-corrected chi connectivity index (χ4v) is 2.29. The minimum absolute atomic E-state index is 0.124. The van der Waals surface area contributed by atoms with E-state index in [0.717, 1.165) is 6.26 Å². The molecule has 7 heteroatoms. The molecule has 1 amide bonds. The third-order valence-electron chi connectivity index (χ3n) is 2.82. The van der Waals surface area contributed by atoms with E-state index in [1.807, 2.05) is 0 Å². The Kier molecular flexibility index (Phi) is 4.67. The first-order valence-corrected chi connectivity index (χ1v) is 8.15. The van der Waals surface area contributed by atoms with Crippen LogP contribution in [0.4, 0.5) is 4.39 Å². The van der Waals surface area contributed by atoms with E-state index in [-0.39, 0.29) is 16.0 Å². The maximum absolute atomic E-state index is 13.3. The van der Waals surface area contributed by atoms with Crippen molar-refractivity contribution < 1.29 is 17.6 Å². The third-order valence-corrected chi connectivity index (χ3v) is 3.95. The number of rotatable bonds is 4. The van der Waals surface area contributed by atoms with Crippen LogP contribution in [-0.2, 0) is 9.84 Å². The number of hydrazone groups is 1. The van der Waals surface area contributed by atoms with Crippen LogP contribution in [0.15, 0.2) is 58.5 Å². The fraction of sp³-hybridized carbons (Fsp3) is 0.0667. The zero-order chi connectivity index (χ0) is 16.2. The lowest BCUT2D eigenvalue weighted by atomic mass is 10.2. The normalized spacial score (nSPS) is 11.5. The van der Waals surface area contributed by atoms with E-state index in [1.54, 1.807) is 12.1 Å². The Hall–Kier alpha value is -2.54. The molecule has 0 aliphatic carbocycles. The first-order chi connectivity index (χ1) is 10.4. The van der Waals surface area contributed by atoms with Gasteiger partial charge in [-0.05, 0) is 30.3 Å². The van der Waals surface area contributed by atoms with Crippen molar-refractivity contribution in [1.29, 1.82) is 0 Å². The zero-order valence-electron chi connectivity index (χ0n) is 11.7. The number of hydrogen-bond donors (Lipinski definition) is 1. The summed E-state index contributed by atoms with van der Waals surface area (Å²) in [5, 5.41) is 3.67. The molecule has 0 radical (unpaired) electrons. The van der Waals surface area contributed by atoms with Gasteiger partial charge in [-0.15, -0.1) is 0 Å². The number of carbonyl (C=O) groups is 1. The van der Waals surface area contributed by atoms with E-state index in [4.69, 9.17) is 0 Å². The van der Waals surface area contributed by atoms with Crippen LogP contribution in [0.25, 0.3) is 0 Å². The molecule has 0 saturated carbocycles. The predicted octanol–water partition coefficient (Wildman–Crippen LogP) is 1.99. The van der Waals surface area contributed by atoms with Gasteiger partial charge in [-0.25, -0.2) is 18.2 Å². The number of nitrogens with one attached hydrogen (secondary N) is 1. The number of amides is 1. The number of benzene rings is 2. The second kappa shape index (κ2) is 6.48. The smallest absolute Gasteiger partial charge is 0.267 e. The van der Waals surface area contributed by atoms with Crippen molar-refractivity contribution in [3.63, 3.8) is 0 Å². The monoisotopic (exact) mass is 320 g/mol. The number of sulfone groups is 1. The van der Waals surface area contributed by atoms with Crippen LogP contribution in [0.3, 0.4) is 0 Å². The fourth-order valence-electron chi connectivity index (χ4n) is 1.66. The molecule has 0 bridgehead atoms. The van der Waals surface area contributed by atoms with Gasteiger partial charge in [0.2, 0.25) is 0 Å². The van der Waals surface area contributed by atoms with Crippen molar-refractivity contribution >= 4 is 22.0 Å². The number of halogens is 1. The van der Waals surface area contributed by atoms with Crippen LogP contribution < -0.4 is 5.43 Å². The van der Waals surface area contributed by atoms with Gasteiger partial charge in [0, 0.05) is 17.4 Å². The number of nitrogens with zero attached hydrogens (tertiary/aromatic N) is 1. The Morgan fingerprint density at radius 3 is 2.36 bits per heavy atom. The van der Waals surface area contributed by atoms with Crippen LogP contribution in [0.1, 0.15) is 15.9 Å². The van der Waals surface area contributed by atoms with Crippen molar-refractivity contribution in [2.45, 2.75) is 4.90 Å². The zero-order valence-corrected chi connectivity index (χ0v) is 12.5. The molecule has 0 aliphatic heterocycles. The Morgan fingerprint density at radius 2 is 1.77 bits per heavy atom. The van der Waals surface area contributed by atoms with Crippen LogP contribution in [0.2, 0.25) is 0 Å². The quantitative estimate of drug-likeness (QED) is 0.691. The second-order valence-corrected chi connectivity index (χ2v) is 6.53. The van der Waals surface area contributed by atoms with Gasteiger partial charge >= 0.3 is 0 Å². The van der Waals surface area contributed by atoms with Crippen molar-refractivity contribution in [3.8, 4) is 0 Å². The molecular weight excluding hydrogens is 307 g/mol. The van der Waals surface area contributed by atoms with Crippen molar-refractivity contribution in [3.05, 3.63) is 65.5 Å². The van der Waals surface area contributed by atoms with Gasteiger partial charge in [0.15, 0.2) is 9.84 Å². The van der Waals surface area contributed by atoms with E-state index in [2.05, 4.69) is 10.5 Å². The lowest BCUT2D eigenvalue weighted by Crippen LogP contribution is -2.17. The summed E-state index contributed by atoms with van der Waals surface area (Å²) in [6.07, 6.45) is 2.28. The lowest BCUT2D eigenvalue weighted by Gasteiger charge is -2.02. The Bertz CT molecular complexity index is 815. The van der Waals surface area contributed by atoms with Crippen LogP contribution in [-0.4, -0.2) is 26.8 Å². The number of carbonyl (C=O) groups excluding carboxylic acids is 1. The molecule has 114 valence electrons. The Balaban J connectivity index is 2.05. The highest BCUT2D eigenvalue weighted by Crippen LogP contribution is 2.10. The molecule has 22 heavy (non-hydrogen) atoms. The molecular formula is C15H13FN2O3S. The SMILES string of the molecule is CS(=O)(=O)c1ccc(C(=O)N/N=C/c2ccccc2F)cc1. The van der Waals surface area contributed by atoms with Crippen molar-refractivity contribution in [2.24, 2.45) is 5.10 Å². The summed E-state index contributed by atoms with van der Waals surface area (Å²) in [5.74, 6) is -0.967. The van der Waals surface area contributed by atoms with E-state index < -0.39 is 21.6 Å². The molecule has 5 nitrogen and oxygen atoms in total. The molecule has 0 aliphatic rings. The molecule has 0 aromatic heterocycles. The molecule has 0 atom stereocenters. The maximum atomic E-state index is 13.3. The molecule has 2 aromatic rings. The minimum atomic E-state index is -3.31. The largest absolute Gasteiger partial charge is 0.271 e. The van der Waals surface area contributed by atoms with Gasteiger partial charge in [0.05, 0.1) is 11.1 Å². The molecule has 0 spiro atoms. The van der Waals surface area contributed by atoms with Crippen molar-refractivity contribution in [2.75, 3.05) is 6.26 Å². The second-order valence-electron chi connectivity index (χ2n) is 4.52. The Morgan fingerprint density at radius 1 is 1.14 bits per heavy atom. The minimum Gasteiger partial charge on any atom is -0.267 e. The van der Waals surface area contributed by atoms with Gasteiger partial charge in [0.1, 0.15) is 5.82 Å². The summed E-state index contributed by atoms with van der Waals surface area (Å²) in [7, 11) is -3.31. The standard InChI is InChI=1S/C15H13FN2O3S/c1-22(20,21)13-8-6-11(7-9-13)15(19)18-17-10-12-4-2-3-5-14(12)16/h2-10H,1H3,(H,18,19)/b17-10+. The van der Waals surface area contributed by atoms with Crippen LogP contribution in [0, 0.1) is 5.82 Å². The summed E-state index contributed by atoms with van der Waals surface area (Å²) in [6, 6.07) is 11.4. The van der Waals surface area contributed by atoms with E-state index in [9.17, 15) is 17.6 Å². The summed E-state index contributed by atoms with van der Waals surface area (Å²) in [6.45, 7) is 0. The average molecular weight is 320 g/mol. The molecule has 0 saturated heterocycles. The molecule has 2 aromatic carbocycles. The maximum Gasteiger partial charge on any atom is 0.271 e. The molecule has 0 heterocycles. The summed E-state index contributed by atoms with van der Waals surface area (Å²) >= 11 is 0. The van der Waals surface area contributed by atoms with Gasteiger partial charge in [0.25, 0.3) is 5.91 Å². The molecule has 2 rings (SSSR count). The summed E-state index contributed by atoms with van der Waals surface area (Å²) in [4.78, 5) is 11.9. The van der Waals surface area contributed by atoms with Gasteiger partial charge < -0.3 is 0 Å². The predicted molar refractivity (Wildman–Crippen MR) is 81.0 cm³/mol. The van der Waals surface area contributed by atoms with E-state index in [0.29, 0.717) is 0 Å². The highest BCUT2D eigenvalue weighted by atomic mass is 32.2. The highest BCUT2D eigenvalue weighted by Gasteiger charge is 2.09. The van der Waals surface area contributed by atoms with Gasteiger partial charge in [-0.3, -0.25) is 4.79 Å². The molecule has 1 N–H and O–H groups in total. The number of hydrogen-bond acceptors (Lipinski definition) is 4. The highest BCUT2D eigenvalue weighted by molar-refractivity contribution is 7.90. The van der Waals surface area contributed by atoms with E-state index >= 15 is 0 Å². The van der Waals surface area contributed by atoms with E-state index in [1.165, 1.54) is 42.6 Å². The topological polar surface area (TPSA) is 75.6 Å². The Labute approximate surface area is 127 Å². The average Bonchev–Trinajstić information content (AvgIpc) is 2.48. The lowest BCUT2D eigenvalue weighted by molar-refractivity contribution is 0.0955. The first-order valence-electron chi connectivity index (χ1n) is 6.26. The molecule has 0 unspecified atom stereocenters. The third kappa shape index (κ3) is 3.98. The van der Waals surface area contributed by atoms with Crippen LogP contribution >= 0.6 is 0 Å². The van der Waals surface area contributed by atoms with Crippen LogP contribution in [0.5, 0.6) is 0 Å². The summed E-state index contributed by atoms with van der Waals surface area (Å²) < 4.78 is 36.0. The van der Waals surface area contributed by atoms with Gasteiger partial charge in [-0.1, -0.05) is 18.2 Å². The van der Waals surface area contributed by atoms with Crippen molar-refractivity contribution in [1.82, 2.24) is 5.43 Å². The molecule has 0 fully saturated rings. The summed E-state index contributed by atoms with van der Waals surface area (Å²) in [5.41, 5.74) is 2.74.